The molecule has 0 saturated heterocycles. The molecule has 2 amide bonds. The third-order valence-corrected chi connectivity index (χ3v) is 3.20. The Bertz CT molecular complexity index is 753. The number of hydrogen-bond acceptors (Lipinski definition) is 4. The molecule has 0 fully saturated rings. The fraction of sp³-hybridized carbons (Fsp3) is 0.105. The first-order chi connectivity index (χ1) is 12.2. The summed E-state index contributed by atoms with van der Waals surface area (Å²) in [6.45, 7) is -0.162. The van der Waals surface area contributed by atoms with Crippen molar-refractivity contribution >= 4 is 24.1 Å². The number of nitrogens with zero attached hydrogens (tertiary/aromatic N) is 1. The molecule has 0 aliphatic heterocycles. The van der Waals surface area contributed by atoms with Gasteiger partial charge in [0, 0.05) is 11.8 Å². The second-order valence-electron chi connectivity index (χ2n) is 4.99. The Morgan fingerprint density at radius 1 is 1.08 bits per heavy atom. The lowest BCUT2D eigenvalue weighted by atomic mass is 10.2. The van der Waals surface area contributed by atoms with Gasteiger partial charge in [-0.2, -0.15) is 5.10 Å². The van der Waals surface area contributed by atoms with Crippen LogP contribution in [0.3, 0.4) is 0 Å². The zero-order valence-electron chi connectivity index (χ0n) is 13.8. The molecule has 0 aliphatic carbocycles. The maximum Gasteiger partial charge on any atom is 0.259 e. The van der Waals surface area contributed by atoms with Crippen LogP contribution in [-0.2, 0) is 4.79 Å². The summed E-state index contributed by atoms with van der Waals surface area (Å²) in [5.41, 5.74) is 3.82. The summed E-state index contributed by atoms with van der Waals surface area (Å²) in [6.07, 6.45) is 5.04. The molecule has 0 radical (unpaired) electrons. The zero-order chi connectivity index (χ0) is 17.9. The van der Waals surface area contributed by atoms with Gasteiger partial charge < -0.3 is 10.1 Å². The Balaban J connectivity index is 1.71. The van der Waals surface area contributed by atoms with Crippen molar-refractivity contribution in [3.05, 3.63) is 71.8 Å². The second kappa shape index (κ2) is 9.67. The molecule has 0 spiro atoms. The van der Waals surface area contributed by atoms with Gasteiger partial charge in [-0.3, -0.25) is 9.59 Å². The van der Waals surface area contributed by atoms with E-state index in [2.05, 4.69) is 15.8 Å². The first-order valence-corrected chi connectivity index (χ1v) is 7.65. The van der Waals surface area contributed by atoms with Gasteiger partial charge in [0.2, 0.25) is 0 Å². The van der Waals surface area contributed by atoms with Crippen LogP contribution in [0.5, 0.6) is 5.75 Å². The van der Waals surface area contributed by atoms with Crippen molar-refractivity contribution < 1.29 is 14.3 Å². The lowest BCUT2D eigenvalue weighted by molar-refractivity contribution is -0.120. The summed E-state index contributed by atoms with van der Waals surface area (Å²) in [6, 6.07) is 16.3. The zero-order valence-corrected chi connectivity index (χ0v) is 13.8. The van der Waals surface area contributed by atoms with Gasteiger partial charge in [0.1, 0.15) is 5.75 Å². The largest absolute Gasteiger partial charge is 0.497 e. The minimum Gasteiger partial charge on any atom is -0.497 e. The molecule has 0 saturated carbocycles. The monoisotopic (exact) mass is 337 g/mol. The van der Waals surface area contributed by atoms with Crippen LogP contribution in [0, 0.1) is 0 Å². The molecule has 128 valence electrons. The molecular weight excluding hydrogens is 318 g/mol. The SMILES string of the molecule is COc1ccc(C(=O)NCC(=O)N/N=C\C=C\c2ccccc2)cc1. The maximum absolute atomic E-state index is 11.9. The van der Waals surface area contributed by atoms with Crippen LogP contribution in [0.4, 0.5) is 0 Å². The normalized spacial score (nSPS) is 10.8. The van der Waals surface area contributed by atoms with Crippen molar-refractivity contribution in [2.24, 2.45) is 5.10 Å². The standard InChI is InChI=1S/C19H19N3O3/c1-25-17-11-9-16(10-12-17)19(24)20-14-18(23)22-21-13-5-8-15-6-3-2-4-7-15/h2-13H,14H2,1H3,(H,20,24)(H,22,23)/b8-5+,21-13-. The fourth-order valence-corrected chi connectivity index (χ4v) is 1.92. The van der Waals surface area contributed by atoms with Gasteiger partial charge >= 0.3 is 0 Å². The maximum atomic E-state index is 11.9. The smallest absolute Gasteiger partial charge is 0.259 e. The summed E-state index contributed by atoms with van der Waals surface area (Å²) in [4.78, 5) is 23.5. The van der Waals surface area contributed by atoms with E-state index in [0.717, 1.165) is 5.56 Å². The fourth-order valence-electron chi connectivity index (χ4n) is 1.92. The van der Waals surface area contributed by atoms with E-state index in [-0.39, 0.29) is 12.5 Å². The van der Waals surface area contributed by atoms with Gasteiger partial charge in [-0.1, -0.05) is 36.4 Å². The van der Waals surface area contributed by atoms with Crippen molar-refractivity contribution in [1.29, 1.82) is 0 Å². The van der Waals surface area contributed by atoms with Crippen molar-refractivity contribution in [1.82, 2.24) is 10.7 Å². The topological polar surface area (TPSA) is 79.8 Å². The number of methoxy groups -OCH3 is 1. The highest BCUT2D eigenvalue weighted by Crippen LogP contribution is 2.10. The Hall–Kier alpha value is -3.41. The van der Waals surface area contributed by atoms with Crippen LogP contribution in [-0.4, -0.2) is 31.7 Å². The minimum atomic E-state index is -0.411. The average molecular weight is 337 g/mol. The van der Waals surface area contributed by atoms with E-state index in [1.165, 1.54) is 6.21 Å². The number of ether oxygens (including phenoxy) is 1. The molecule has 2 rings (SSSR count). The number of nitrogens with one attached hydrogen (secondary N) is 2. The molecule has 6 nitrogen and oxygen atoms in total. The molecular formula is C19H19N3O3. The number of rotatable bonds is 7. The Labute approximate surface area is 146 Å². The summed E-state index contributed by atoms with van der Waals surface area (Å²) < 4.78 is 5.02. The first-order valence-electron chi connectivity index (χ1n) is 7.65. The van der Waals surface area contributed by atoms with E-state index < -0.39 is 5.91 Å². The first kappa shape index (κ1) is 17.9. The minimum absolute atomic E-state index is 0.162. The van der Waals surface area contributed by atoms with Gasteiger partial charge in [-0.05, 0) is 35.9 Å². The highest BCUT2D eigenvalue weighted by atomic mass is 16.5. The molecule has 0 aliphatic rings. The third-order valence-electron chi connectivity index (χ3n) is 3.20. The van der Waals surface area contributed by atoms with Crippen molar-refractivity contribution in [3.8, 4) is 5.75 Å². The third kappa shape index (κ3) is 6.31. The van der Waals surface area contributed by atoms with E-state index in [1.54, 1.807) is 37.5 Å². The van der Waals surface area contributed by atoms with Crippen LogP contribution in [0.15, 0.2) is 65.8 Å². The quantitative estimate of drug-likeness (QED) is 0.601. The van der Waals surface area contributed by atoms with Crippen LogP contribution < -0.4 is 15.5 Å². The Kier molecular flexibility index (Phi) is 6.94. The highest BCUT2D eigenvalue weighted by molar-refractivity contribution is 5.96. The molecule has 6 heteroatoms. The van der Waals surface area contributed by atoms with Crippen LogP contribution >= 0.6 is 0 Å². The number of amides is 2. The molecule has 2 aromatic carbocycles. The lowest BCUT2D eigenvalue weighted by Gasteiger charge is -2.05. The van der Waals surface area contributed by atoms with Crippen LogP contribution in [0.25, 0.3) is 6.08 Å². The number of benzene rings is 2. The molecule has 0 heterocycles. The predicted octanol–water partition coefficient (Wildman–Crippen LogP) is 2.24. The van der Waals surface area contributed by atoms with Gasteiger partial charge in [-0.25, -0.2) is 5.43 Å². The predicted molar refractivity (Wildman–Crippen MR) is 97.4 cm³/mol. The van der Waals surface area contributed by atoms with Gasteiger partial charge in [0.15, 0.2) is 0 Å². The van der Waals surface area contributed by atoms with Gasteiger partial charge in [-0.15, -0.1) is 0 Å². The van der Waals surface area contributed by atoms with Crippen molar-refractivity contribution in [2.75, 3.05) is 13.7 Å². The molecule has 0 unspecified atom stereocenters. The summed E-state index contributed by atoms with van der Waals surface area (Å²) >= 11 is 0. The summed E-state index contributed by atoms with van der Waals surface area (Å²) in [7, 11) is 1.55. The summed E-state index contributed by atoms with van der Waals surface area (Å²) in [5, 5.41) is 6.30. The van der Waals surface area contributed by atoms with Gasteiger partial charge in [0.05, 0.1) is 13.7 Å². The Morgan fingerprint density at radius 2 is 1.80 bits per heavy atom. The van der Waals surface area contributed by atoms with Gasteiger partial charge in [0.25, 0.3) is 11.8 Å². The highest BCUT2D eigenvalue weighted by Gasteiger charge is 2.07. The van der Waals surface area contributed by atoms with E-state index in [9.17, 15) is 9.59 Å². The number of hydrazone groups is 1. The lowest BCUT2D eigenvalue weighted by Crippen LogP contribution is -2.34. The van der Waals surface area contributed by atoms with Crippen molar-refractivity contribution in [2.45, 2.75) is 0 Å². The van der Waals surface area contributed by atoms with Crippen molar-refractivity contribution in [3.63, 3.8) is 0 Å². The molecule has 2 N–H and O–H groups in total. The van der Waals surface area contributed by atoms with E-state index >= 15 is 0 Å². The van der Waals surface area contributed by atoms with E-state index in [1.807, 2.05) is 36.4 Å². The average Bonchev–Trinajstić information content (AvgIpc) is 2.66. The molecule has 0 atom stereocenters. The van der Waals surface area contributed by atoms with E-state index in [4.69, 9.17) is 4.74 Å². The molecule has 25 heavy (non-hydrogen) atoms. The number of allylic oxidation sites excluding steroid dienone is 1. The van der Waals surface area contributed by atoms with E-state index in [0.29, 0.717) is 11.3 Å². The Morgan fingerprint density at radius 3 is 2.48 bits per heavy atom. The van der Waals surface area contributed by atoms with Crippen LogP contribution in [0.2, 0.25) is 0 Å². The van der Waals surface area contributed by atoms with Crippen LogP contribution in [0.1, 0.15) is 15.9 Å². The number of carbonyl (C=O) groups excluding carboxylic acids is 2. The second-order valence-corrected chi connectivity index (χ2v) is 4.99. The number of hydrogen-bond donors (Lipinski definition) is 2. The number of carbonyl (C=O) groups is 2. The molecule has 2 aromatic rings. The summed E-state index contributed by atoms with van der Waals surface area (Å²) in [5.74, 6) is -0.0934. The molecule has 0 aromatic heterocycles. The molecule has 0 bridgehead atoms.